The minimum Gasteiger partial charge on any atom is -0.339 e. The molecule has 1 saturated heterocycles. The molecule has 0 aliphatic carbocycles. The Balaban J connectivity index is 0.000000257. The second-order valence-corrected chi connectivity index (χ2v) is 10.3. The monoisotopic (exact) mass is 517 g/mol. The zero-order valence-electron chi connectivity index (χ0n) is 22.5. The van der Waals surface area contributed by atoms with Crippen LogP contribution in [-0.2, 0) is 19.6 Å². The van der Waals surface area contributed by atoms with Crippen molar-refractivity contribution in [1.82, 2.24) is 14.8 Å². The Bertz CT molecular complexity index is 1360. The average molecular weight is 518 g/mol. The summed E-state index contributed by atoms with van der Waals surface area (Å²) in [5.74, 6) is -1.30. The average Bonchev–Trinajstić information content (AvgIpc) is 3.53. The van der Waals surface area contributed by atoms with E-state index in [1.165, 1.54) is 48.6 Å². The number of aldehydes is 1. The van der Waals surface area contributed by atoms with Gasteiger partial charge in [-0.15, -0.1) is 0 Å². The van der Waals surface area contributed by atoms with Gasteiger partial charge in [-0.1, -0.05) is 62.4 Å². The summed E-state index contributed by atoms with van der Waals surface area (Å²) >= 11 is 0. The van der Waals surface area contributed by atoms with E-state index >= 15 is 0 Å². The normalized spacial score (nSPS) is 13.6. The maximum Gasteiger partial charge on any atom is 0.159 e. The highest BCUT2D eigenvalue weighted by molar-refractivity contribution is 6.00. The first-order valence-electron chi connectivity index (χ1n) is 13.4. The maximum absolute atomic E-state index is 12.5. The number of rotatable bonds is 8. The van der Waals surface area contributed by atoms with E-state index in [9.17, 15) is 13.6 Å². The largest absolute Gasteiger partial charge is 0.339 e. The van der Waals surface area contributed by atoms with Crippen LogP contribution in [0.5, 0.6) is 0 Å². The smallest absolute Gasteiger partial charge is 0.159 e. The van der Waals surface area contributed by atoms with Crippen molar-refractivity contribution >= 4 is 17.2 Å². The van der Waals surface area contributed by atoms with Crippen molar-refractivity contribution in [1.29, 1.82) is 0 Å². The topological polar surface area (TPSA) is 37.3 Å². The van der Waals surface area contributed by atoms with Crippen LogP contribution in [0.15, 0.2) is 66.7 Å². The summed E-state index contributed by atoms with van der Waals surface area (Å²) in [5.41, 5.74) is 6.52. The van der Waals surface area contributed by atoms with Gasteiger partial charge in [-0.05, 0) is 73.8 Å². The minimum atomic E-state index is -0.801. The Labute approximate surface area is 224 Å². The van der Waals surface area contributed by atoms with Crippen LogP contribution in [0.25, 0.3) is 10.9 Å². The third-order valence-corrected chi connectivity index (χ3v) is 7.03. The second kappa shape index (κ2) is 12.9. The molecule has 1 N–H and O–H groups in total. The molecule has 5 rings (SSSR count). The van der Waals surface area contributed by atoms with E-state index in [0.717, 1.165) is 47.6 Å². The molecule has 38 heavy (non-hydrogen) atoms. The number of carbonyl (C=O) groups excluding carboxylic acids is 1. The molecule has 0 radical (unpaired) electrons. The number of aromatic nitrogens is 1. The number of hydrogen-bond acceptors (Lipinski definition) is 3. The quantitative estimate of drug-likeness (QED) is 0.258. The Morgan fingerprint density at radius 2 is 1.58 bits per heavy atom. The van der Waals surface area contributed by atoms with Crippen molar-refractivity contribution in [3.8, 4) is 0 Å². The molecule has 6 heteroatoms. The highest BCUT2D eigenvalue weighted by atomic mass is 19.2. The summed E-state index contributed by atoms with van der Waals surface area (Å²) in [7, 11) is 1.75. The van der Waals surface area contributed by atoms with Gasteiger partial charge in [0.25, 0.3) is 0 Å². The number of halogens is 2. The number of benzene rings is 3. The zero-order valence-corrected chi connectivity index (χ0v) is 22.5. The first kappa shape index (κ1) is 27.7. The maximum atomic E-state index is 12.5. The van der Waals surface area contributed by atoms with Crippen molar-refractivity contribution in [2.24, 2.45) is 0 Å². The molecular formula is C32H37F2N3O. The van der Waals surface area contributed by atoms with E-state index in [-0.39, 0.29) is 0 Å². The molecule has 2 heterocycles. The SMILES string of the molecule is CC(C)c1c(C=O)c2ccc(CN3CCCC3)cc2n1Cc1ccccc1.CNCc1ccc(F)c(F)c1. The van der Waals surface area contributed by atoms with Gasteiger partial charge in [-0.2, -0.15) is 0 Å². The molecule has 0 amide bonds. The molecular weight excluding hydrogens is 480 g/mol. The number of hydrogen-bond donors (Lipinski definition) is 1. The first-order valence-corrected chi connectivity index (χ1v) is 13.4. The minimum absolute atomic E-state index is 0.295. The molecule has 1 fully saturated rings. The summed E-state index contributed by atoms with van der Waals surface area (Å²) < 4.78 is 27.2. The van der Waals surface area contributed by atoms with Crippen molar-refractivity contribution in [2.75, 3.05) is 20.1 Å². The van der Waals surface area contributed by atoms with Crippen LogP contribution < -0.4 is 5.32 Å². The highest BCUT2D eigenvalue weighted by Crippen LogP contribution is 2.32. The molecule has 3 aromatic carbocycles. The molecule has 4 aromatic rings. The van der Waals surface area contributed by atoms with Crippen LogP contribution in [0.4, 0.5) is 8.78 Å². The van der Waals surface area contributed by atoms with Crippen molar-refractivity contribution < 1.29 is 13.6 Å². The lowest BCUT2D eigenvalue weighted by atomic mass is 10.0. The molecule has 0 spiro atoms. The number of nitrogens with one attached hydrogen (secondary N) is 1. The summed E-state index contributed by atoms with van der Waals surface area (Å²) in [6.07, 6.45) is 3.65. The lowest BCUT2D eigenvalue weighted by Gasteiger charge is -2.16. The summed E-state index contributed by atoms with van der Waals surface area (Å²) in [6.45, 7) is 9.09. The number of likely N-dealkylation sites (tertiary alicyclic amines) is 1. The van der Waals surface area contributed by atoms with Crippen molar-refractivity contribution in [2.45, 2.75) is 52.2 Å². The molecule has 200 valence electrons. The fraction of sp³-hybridized carbons (Fsp3) is 0.344. The van der Waals surface area contributed by atoms with Gasteiger partial charge in [0, 0.05) is 41.8 Å². The summed E-state index contributed by atoms with van der Waals surface area (Å²) in [5, 5.41) is 3.92. The Morgan fingerprint density at radius 3 is 2.21 bits per heavy atom. The predicted octanol–water partition coefficient (Wildman–Crippen LogP) is 6.91. The molecule has 0 unspecified atom stereocenters. The van der Waals surface area contributed by atoms with Gasteiger partial charge in [-0.25, -0.2) is 8.78 Å². The van der Waals surface area contributed by atoms with Gasteiger partial charge in [0.15, 0.2) is 17.9 Å². The van der Waals surface area contributed by atoms with E-state index in [2.05, 4.69) is 71.1 Å². The van der Waals surface area contributed by atoms with Gasteiger partial charge in [0.05, 0.1) is 0 Å². The molecule has 1 aliphatic rings. The molecule has 0 bridgehead atoms. The summed E-state index contributed by atoms with van der Waals surface area (Å²) in [6, 6.07) is 21.0. The van der Waals surface area contributed by atoms with Crippen LogP contribution >= 0.6 is 0 Å². The summed E-state index contributed by atoms with van der Waals surface area (Å²) in [4.78, 5) is 14.5. The van der Waals surface area contributed by atoms with Crippen molar-refractivity contribution in [3.63, 3.8) is 0 Å². The zero-order chi connectivity index (χ0) is 27.1. The molecule has 0 atom stereocenters. The predicted molar refractivity (Wildman–Crippen MR) is 151 cm³/mol. The van der Waals surface area contributed by atoms with Gasteiger partial charge in [0.2, 0.25) is 0 Å². The third-order valence-electron chi connectivity index (χ3n) is 7.03. The second-order valence-electron chi connectivity index (χ2n) is 10.3. The Morgan fingerprint density at radius 1 is 0.868 bits per heavy atom. The van der Waals surface area contributed by atoms with Gasteiger partial charge in [0.1, 0.15) is 0 Å². The van der Waals surface area contributed by atoms with Crippen LogP contribution in [0.3, 0.4) is 0 Å². The van der Waals surface area contributed by atoms with E-state index in [1.54, 1.807) is 13.1 Å². The molecule has 4 nitrogen and oxygen atoms in total. The first-order chi connectivity index (χ1) is 18.4. The van der Waals surface area contributed by atoms with E-state index in [4.69, 9.17) is 0 Å². The van der Waals surface area contributed by atoms with Crippen LogP contribution in [0.1, 0.15) is 65.3 Å². The van der Waals surface area contributed by atoms with Gasteiger partial charge >= 0.3 is 0 Å². The molecule has 0 saturated carbocycles. The Hall–Kier alpha value is -3.35. The van der Waals surface area contributed by atoms with Crippen LogP contribution in [-0.4, -0.2) is 35.9 Å². The Kier molecular flexibility index (Phi) is 9.43. The number of carbonyl (C=O) groups is 1. The lowest BCUT2D eigenvalue weighted by Crippen LogP contribution is -2.18. The van der Waals surface area contributed by atoms with Crippen LogP contribution in [0, 0.1) is 11.6 Å². The third kappa shape index (κ3) is 6.55. The number of fused-ring (bicyclic) bond motifs is 1. The van der Waals surface area contributed by atoms with Crippen LogP contribution in [0.2, 0.25) is 0 Å². The van der Waals surface area contributed by atoms with E-state index in [0.29, 0.717) is 12.5 Å². The van der Waals surface area contributed by atoms with E-state index in [1.807, 2.05) is 6.07 Å². The van der Waals surface area contributed by atoms with Gasteiger partial charge in [-0.3, -0.25) is 9.69 Å². The lowest BCUT2D eigenvalue weighted by molar-refractivity contribution is 0.112. The van der Waals surface area contributed by atoms with Gasteiger partial charge < -0.3 is 9.88 Å². The van der Waals surface area contributed by atoms with Crippen molar-refractivity contribution in [3.05, 3.63) is 106 Å². The van der Waals surface area contributed by atoms with E-state index < -0.39 is 11.6 Å². The fourth-order valence-electron chi connectivity index (χ4n) is 5.28. The highest BCUT2D eigenvalue weighted by Gasteiger charge is 2.20. The molecule has 1 aliphatic heterocycles. The standard InChI is InChI=1S/C24H28N2O.C8H9F2N/c1-18(2)24-22(17-27)21-11-10-20(15-25-12-6-7-13-25)14-23(21)26(24)16-19-8-4-3-5-9-19;1-11-5-6-2-3-7(9)8(10)4-6/h3-5,8-11,14,17-18H,6-7,12-13,15-16H2,1-2H3;2-4,11H,5H2,1H3. The fourth-order valence-corrected chi connectivity index (χ4v) is 5.28. The molecule has 1 aromatic heterocycles. The number of nitrogens with zero attached hydrogens (tertiary/aromatic N) is 2.